The zero-order valence-corrected chi connectivity index (χ0v) is 11.3. The fraction of sp³-hybridized carbons (Fsp3) is 0.462. The number of hydrogen-bond donors (Lipinski definition) is 2. The van der Waals surface area contributed by atoms with E-state index in [1.165, 1.54) is 0 Å². The molecule has 1 rings (SSSR count). The molecule has 2 N–H and O–H groups in total. The van der Waals surface area contributed by atoms with Gasteiger partial charge in [0.05, 0.1) is 13.7 Å². The van der Waals surface area contributed by atoms with Gasteiger partial charge in [0.2, 0.25) is 0 Å². The van der Waals surface area contributed by atoms with Gasteiger partial charge in [0.15, 0.2) is 0 Å². The van der Waals surface area contributed by atoms with E-state index in [0.29, 0.717) is 6.61 Å². The molecule has 0 radical (unpaired) electrons. The average Bonchev–Trinajstić information content (AvgIpc) is 2.33. The Bertz CT molecular complexity index is 419. The fourth-order valence-corrected chi connectivity index (χ4v) is 1.65. The molecule has 1 aromatic rings. The van der Waals surface area contributed by atoms with Crippen LogP contribution in [0.3, 0.4) is 0 Å². The molecule has 0 aromatic heterocycles. The van der Waals surface area contributed by atoms with Crippen LogP contribution in [0.2, 0.25) is 0 Å². The molecule has 0 saturated carbocycles. The Morgan fingerprint density at radius 1 is 1.28 bits per heavy atom. The van der Waals surface area contributed by atoms with E-state index in [2.05, 4.69) is 10.9 Å². The Morgan fingerprint density at radius 2 is 2.00 bits per heavy atom. The van der Waals surface area contributed by atoms with E-state index in [0.717, 1.165) is 22.4 Å². The number of hydrazine groups is 1. The average molecular weight is 252 g/mol. The van der Waals surface area contributed by atoms with Crippen molar-refractivity contribution in [1.82, 2.24) is 10.9 Å². The molecule has 0 aliphatic carbocycles. The van der Waals surface area contributed by atoms with Crippen molar-refractivity contribution < 1.29 is 14.3 Å². The van der Waals surface area contributed by atoms with E-state index < -0.39 is 0 Å². The Kier molecular flexibility index (Phi) is 5.61. The van der Waals surface area contributed by atoms with Crippen molar-refractivity contribution in [2.24, 2.45) is 0 Å². The van der Waals surface area contributed by atoms with Gasteiger partial charge in [-0.25, -0.2) is 5.43 Å². The lowest BCUT2D eigenvalue weighted by molar-refractivity contribution is -0.126. The number of carbonyl (C=O) groups excluding carboxylic acids is 1. The number of benzene rings is 1. The van der Waals surface area contributed by atoms with Gasteiger partial charge in [-0.3, -0.25) is 10.2 Å². The van der Waals surface area contributed by atoms with Gasteiger partial charge in [-0.15, -0.1) is 0 Å². The molecule has 0 aliphatic rings. The maximum absolute atomic E-state index is 11.2. The molecule has 0 unspecified atom stereocenters. The van der Waals surface area contributed by atoms with Gasteiger partial charge in [0.1, 0.15) is 12.4 Å². The predicted molar refractivity (Wildman–Crippen MR) is 69.3 cm³/mol. The molecule has 5 nitrogen and oxygen atoms in total. The highest BCUT2D eigenvalue weighted by atomic mass is 16.5. The summed E-state index contributed by atoms with van der Waals surface area (Å²) < 4.78 is 10.6. The van der Waals surface area contributed by atoms with E-state index in [-0.39, 0.29) is 12.5 Å². The monoisotopic (exact) mass is 252 g/mol. The second-order valence-electron chi connectivity index (χ2n) is 4.04. The molecule has 0 heterocycles. The molecular formula is C13H20N2O3. The number of methoxy groups -OCH3 is 1. The molecule has 18 heavy (non-hydrogen) atoms. The van der Waals surface area contributed by atoms with Crippen LogP contribution in [0.25, 0.3) is 0 Å². The third-order valence-corrected chi connectivity index (χ3v) is 2.61. The quantitative estimate of drug-likeness (QED) is 0.744. The zero-order valence-electron chi connectivity index (χ0n) is 11.3. The molecule has 1 aromatic carbocycles. The summed E-state index contributed by atoms with van der Waals surface area (Å²) in [5, 5.41) is 0. The predicted octanol–water partition coefficient (Wildman–Crippen LogP) is 1.08. The molecule has 1 amide bonds. The molecule has 0 bridgehead atoms. The summed E-state index contributed by atoms with van der Waals surface area (Å²) in [7, 11) is 3.29. The highest BCUT2D eigenvalue weighted by molar-refractivity contribution is 5.76. The summed E-state index contributed by atoms with van der Waals surface area (Å²) >= 11 is 0. The van der Waals surface area contributed by atoms with Gasteiger partial charge < -0.3 is 9.47 Å². The molecular weight excluding hydrogens is 232 g/mol. The number of amides is 1. The molecule has 0 fully saturated rings. The normalized spacial score (nSPS) is 10.2. The first kappa shape index (κ1) is 14.5. The van der Waals surface area contributed by atoms with Crippen molar-refractivity contribution in [1.29, 1.82) is 0 Å². The van der Waals surface area contributed by atoms with Crippen LogP contribution in [0.1, 0.15) is 16.7 Å². The van der Waals surface area contributed by atoms with Crippen LogP contribution < -0.4 is 15.6 Å². The first-order chi connectivity index (χ1) is 8.58. The minimum atomic E-state index is -0.194. The van der Waals surface area contributed by atoms with Crippen molar-refractivity contribution in [3.63, 3.8) is 0 Å². The van der Waals surface area contributed by atoms with Crippen LogP contribution in [0.4, 0.5) is 0 Å². The number of nitrogens with one attached hydrogen (secondary N) is 2. The van der Waals surface area contributed by atoms with E-state index in [9.17, 15) is 4.79 Å². The summed E-state index contributed by atoms with van der Waals surface area (Å²) in [6.45, 7) is 4.42. The number of hydrogen-bond acceptors (Lipinski definition) is 4. The summed E-state index contributed by atoms with van der Waals surface area (Å²) in [6, 6.07) is 3.99. The second kappa shape index (κ2) is 6.98. The maximum atomic E-state index is 11.2. The summed E-state index contributed by atoms with van der Waals surface area (Å²) in [4.78, 5) is 11.2. The fourth-order valence-electron chi connectivity index (χ4n) is 1.65. The minimum absolute atomic E-state index is 0.0331. The summed E-state index contributed by atoms with van der Waals surface area (Å²) in [5.74, 6) is 0.671. The number of rotatable bonds is 6. The topological polar surface area (TPSA) is 59.6 Å². The second-order valence-corrected chi connectivity index (χ2v) is 4.04. The van der Waals surface area contributed by atoms with Crippen LogP contribution in [0.5, 0.6) is 5.75 Å². The number of ether oxygens (including phenoxy) is 2. The molecule has 100 valence electrons. The SMILES string of the molecule is CNNC(=O)COCc1cc(C)c(OC)cc1C. The maximum Gasteiger partial charge on any atom is 0.260 e. The Hall–Kier alpha value is -1.59. The molecule has 0 atom stereocenters. The number of aryl methyl sites for hydroxylation is 2. The third kappa shape index (κ3) is 4.01. The lowest BCUT2D eigenvalue weighted by Gasteiger charge is -2.11. The zero-order chi connectivity index (χ0) is 13.5. The Morgan fingerprint density at radius 3 is 2.61 bits per heavy atom. The minimum Gasteiger partial charge on any atom is -0.496 e. The van der Waals surface area contributed by atoms with Crippen molar-refractivity contribution in [2.75, 3.05) is 20.8 Å². The van der Waals surface area contributed by atoms with Gasteiger partial charge in [-0.1, -0.05) is 0 Å². The van der Waals surface area contributed by atoms with Gasteiger partial charge >= 0.3 is 0 Å². The van der Waals surface area contributed by atoms with E-state index >= 15 is 0 Å². The third-order valence-electron chi connectivity index (χ3n) is 2.61. The van der Waals surface area contributed by atoms with E-state index in [1.807, 2.05) is 26.0 Å². The van der Waals surface area contributed by atoms with Crippen LogP contribution in [-0.4, -0.2) is 26.7 Å². The van der Waals surface area contributed by atoms with Crippen molar-refractivity contribution in [3.05, 3.63) is 28.8 Å². The van der Waals surface area contributed by atoms with Gasteiger partial charge in [0, 0.05) is 7.05 Å². The lowest BCUT2D eigenvalue weighted by atomic mass is 10.1. The number of carbonyl (C=O) groups is 1. The highest BCUT2D eigenvalue weighted by Gasteiger charge is 2.06. The van der Waals surface area contributed by atoms with Gasteiger partial charge in [-0.05, 0) is 42.7 Å². The Labute approximate surface area is 107 Å². The van der Waals surface area contributed by atoms with Crippen LogP contribution in [-0.2, 0) is 16.1 Å². The molecule has 5 heteroatoms. The van der Waals surface area contributed by atoms with Crippen LogP contribution >= 0.6 is 0 Å². The first-order valence-corrected chi connectivity index (χ1v) is 5.76. The van der Waals surface area contributed by atoms with Crippen LogP contribution in [0.15, 0.2) is 12.1 Å². The van der Waals surface area contributed by atoms with E-state index in [4.69, 9.17) is 9.47 Å². The van der Waals surface area contributed by atoms with Crippen LogP contribution in [0, 0.1) is 13.8 Å². The van der Waals surface area contributed by atoms with Crippen molar-refractivity contribution >= 4 is 5.91 Å². The van der Waals surface area contributed by atoms with Crippen molar-refractivity contribution in [3.8, 4) is 5.75 Å². The van der Waals surface area contributed by atoms with Crippen molar-refractivity contribution in [2.45, 2.75) is 20.5 Å². The smallest absolute Gasteiger partial charge is 0.260 e. The summed E-state index contributed by atoms with van der Waals surface area (Å²) in [6.07, 6.45) is 0. The standard InChI is InChI=1S/C13H20N2O3/c1-9-6-12(17-4)10(2)5-11(9)7-18-8-13(16)15-14-3/h5-6,14H,7-8H2,1-4H3,(H,15,16). The summed E-state index contributed by atoms with van der Waals surface area (Å²) in [5.41, 5.74) is 8.20. The lowest BCUT2D eigenvalue weighted by Crippen LogP contribution is -2.36. The van der Waals surface area contributed by atoms with E-state index in [1.54, 1.807) is 14.2 Å². The first-order valence-electron chi connectivity index (χ1n) is 5.76. The Balaban J connectivity index is 2.57. The molecule has 0 saturated heterocycles. The molecule has 0 aliphatic heterocycles. The highest BCUT2D eigenvalue weighted by Crippen LogP contribution is 2.22. The largest absolute Gasteiger partial charge is 0.496 e. The van der Waals surface area contributed by atoms with Gasteiger partial charge in [0.25, 0.3) is 5.91 Å². The van der Waals surface area contributed by atoms with Gasteiger partial charge in [-0.2, -0.15) is 0 Å². The molecule has 0 spiro atoms.